The zero-order valence-corrected chi connectivity index (χ0v) is 12.2. The molecule has 2 heteroatoms. The van der Waals surface area contributed by atoms with Crippen LogP contribution in [0.4, 0.5) is 15.8 Å². The van der Waals surface area contributed by atoms with Gasteiger partial charge in [-0.05, 0) is 75.1 Å². The lowest BCUT2D eigenvalue weighted by atomic mass is 10.0. The number of halogens is 1. The van der Waals surface area contributed by atoms with E-state index in [0.717, 1.165) is 16.9 Å². The molecule has 0 spiro atoms. The summed E-state index contributed by atoms with van der Waals surface area (Å²) in [6.07, 6.45) is 0. The maximum Gasteiger partial charge on any atom is 0.128 e. The van der Waals surface area contributed by atoms with Gasteiger partial charge in [0.2, 0.25) is 0 Å². The maximum absolute atomic E-state index is 13.8. The number of aryl methyl sites for hydroxylation is 3. The van der Waals surface area contributed by atoms with E-state index in [2.05, 4.69) is 38.2 Å². The first-order valence-electron chi connectivity index (χ1n) is 6.50. The molecule has 0 aromatic heterocycles. The second-order valence-corrected chi connectivity index (χ2v) is 5.30. The highest BCUT2D eigenvalue weighted by Crippen LogP contribution is 2.28. The number of benzene rings is 2. The minimum absolute atomic E-state index is 0.162. The van der Waals surface area contributed by atoms with E-state index in [1.165, 1.54) is 16.7 Å². The zero-order chi connectivity index (χ0) is 14.2. The van der Waals surface area contributed by atoms with Crippen LogP contribution >= 0.6 is 0 Å². The summed E-state index contributed by atoms with van der Waals surface area (Å²) < 4.78 is 13.8. The first-order valence-corrected chi connectivity index (χ1v) is 6.50. The van der Waals surface area contributed by atoms with Gasteiger partial charge in [0, 0.05) is 16.9 Å². The van der Waals surface area contributed by atoms with Crippen molar-refractivity contribution in [1.82, 2.24) is 0 Å². The van der Waals surface area contributed by atoms with Crippen molar-refractivity contribution in [3.63, 3.8) is 0 Å². The van der Waals surface area contributed by atoms with E-state index in [9.17, 15) is 4.39 Å². The minimum atomic E-state index is -0.162. The van der Waals surface area contributed by atoms with E-state index in [-0.39, 0.29) is 5.82 Å². The fourth-order valence-corrected chi connectivity index (χ4v) is 2.26. The van der Waals surface area contributed by atoms with Crippen LogP contribution < -0.4 is 5.32 Å². The van der Waals surface area contributed by atoms with Gasteiger partial charge in [-0.2, -0.15) is 0 Å². The zero-order valence-electron chi connectivity index (χ0n) is 12.2. The Kier molecular flexibility index (Phi) is 3.61. The van der Waals surface area contributed by atoms with Gasteiger partial charge < -0.3 is 5.32 Å². The summed E-state index contributed by atoms with van der Waals surface area (Å²) in [5, 5.41) is 3.36. The van der Waals surface area contributed by atoms with E-state index in [0.29, 0.717) is 5.56 Å². The third-order valence-corrected chi connectivity index (χ3v) is 3.57. The quantitative estimate of drug-likeness (QED) is 0.788. The average Bonchev–Trinajstić information content (AvgIpc) is 2.31. The fourth-order valence-electron chi connectivity index (χ4n) is 2.26. The Morgan fingerprint density at radius 2 is 1.26 bits per heavy atom. The van der Waals surface area contributed by atoms with Gasteiger partial charge in [0.1, 0.15) is 5.82 Å². The fraction of sp³-hybridized carbons (Fsp3) is 0.294. The summed E-state index contributed by atoms with van der Waals surface area (Å²) >= 11 is 0. The van der Waals surface area contributed by atoms with E-state index < -0.39 is 0 Å². The van der Waals surface area contributed by atoms with Gasteiger partial charge in [0.15, 0.2) is 0 Å². The summed E-state index contributed by atoms with van der Waals surface area (Å²) in [6, 6.07) is 7.80. The molecule has 19 heavy (non-hydrogen) atoms. The molecule has 0 atom stereocenters. The summed E-state index contributed by atoms with van der Waals surface area (Å²) in [5.41, 5.74) is 7.12. The van der Waals surface area contributed by atoms with E-state index >= 15 is 0 Å². The van der Waals surface area contributed by atoms with Crippen LogP contribution in [0.25, 0.3) is 0 Å². The van der Waals surface area contributed by atoms with Crippen molar-refractivity contribution in [2.24, 2.45) is 0 Å². The molecular formula is C17H20FN. The summed E-state index contributed by atoms with van der Waals surface area (Å²) in [6.45, 7) is 9.95. The Hall–Kier alpha value is -1.83. The first kappa shape index (κ1) is 13.6. The molecule has 0 unspecified atom stereocenters. The molecule has 0 saturated carbocycles. The van der Waals surface area contributed by atoms with Crippen LogP contribution in [-0.4, -0.2) is 0 Å². The molecule has 100 valence electrons. The predicted molar refractivity (Wildman–Crippen MR) is 79.8 cm³/mol. The van der Waals surface area contributed by atoms with E-state index in [4.69, 9.17) is 0 Å². The molecule has 0 aliphatic carbocycles. The Bertz CT molecular complexity index is 574. The topological polar surface area (TPSA) is 12.0 Å². The Morgan fingerprint density at radius 1 is 0.737 bits per heavy atom. The van der Waals surface area contributed by atoms with Crippen LogP contribution in [0.5, 0.6) is 0 Å². The van der Waals surface area contributed by atoms with Crippen LogP contribution in [0.1, 0.15) is 27.8 Å². The van der Waals surface area contributed by atoms with Gasteiger partial charge in [-0.25, -0.2) is 4.39 Å². The van der Waals surface area contributed by atoms with Crippen molar-refractivity contribution in [2.75, 3.05) is 5.32 Å². The van der Waals surface area contributed by atoms with Crippen molar-refractivity contribution in [1.29, 1.82) is 0 Å². The largest absolute Gasteiger partial charge is 0.355 e. The third kappa shape index (κ3) is 2.78. The smallest absolute Gasteiger partial charge is 0.128 e. The molecule has 2 aromatic carbocycles. The van der Waals surface area contributed by atoms with Crippen molar-refractivity contribution >= 4 is 11.4 Å². The van der Waals surface area contributed by atoms with Crippen molar-refractivity contribution in [2.45, 2.75) is 34.6 Å². The average molecular weight is 257 g/mol. The number of hydrogen-bond donors (Lipinski definition) is 1. The van der Waals surface area contributed by atoms with Gasteiger partial charge in [-0.3, -0.25) is 0 Å². The first-order chi connectivity index (χ1) is 8.88. The van der Waals surface area contributed by atoms with Gasteiger partial charge in [-0.15, -0.1) is 0 Å². The number of hydrogen-bond acceptors (Lipinski definition) is 1. The number of nitrogens with one attached hydrogen (secondary N) is 1. The third-order valence-electron chi connectivity index (χ3n) is 3.57. The predicted octanol–water partition coefficient (Wildman–Crippen LogP) is 5.11. The molecule has 0 aliphatic rings. The van der Waals surface area contributed by atoms with E-state index in [1.807, 2.05) is 13.0 Å². The summed E-state index contributed by atoms with van der Waals surface area (Å²) in [4.78, 5) is 0. The monoisotopic (exact) mass is 257 g/mol. The van der Waals surface area contributed by atoms with Crippen LogP contribution in [-0.2, 0) is 0 Å². The lowest BCUT2D eigenvalue weighted by molar-refractivity contribution is 0.618. The van der Waals surface area contributed by atoms with Crippen molar-refractivity contribution in [3.05, 3.63) is 57.9 Å². The highest BCUT2D eigenvalue weighted by atomic mass is 19.1. The molecule has 0 heterocycles. The van der Waals surface area contributed by atoms with Crippen LogP contribution in [0.2, 0.25) is 0 Å². The standard InChI is InChI=1S/C17H20FN/c1-10-6-12(3)13(4)16(8-10)19-17-9-11(2)7-15(18)14(17)5/h6-9,19H,1-5H3. The van der Waals surface area contributed by atoms with Crippen LogP contribution in [0.3, 0.4) is 0 Å². The van der Waals surface area contributed by atoms with Gasteiger partial charge in [0.25, 0.3) is 0 Å². The van der Waals surface area contributed by atoms with E-state index in [1.54, 1.807) is 13.0 Å². The molecule has 0 radical (unpaired) electrons. The molecule has 2 rings (SSSR count). The number of anilines is 2. The van der Waals surface area contributed by atoms with Crippen LogP contribution in [0, 0.1) is 40.4 Å². The molecule has 0 amide bonds. The SMILES string of the molecule is Cc1cc(C)c(C)c(Nc2cc(C)cc(F)c2C)c1. The molecule has 0 saturated heterocycles. The minimum Gasteiger partial charge on any atom is -0.355 e. The molecule has 0 fully saturated rings. The Labute approximate surface area is 114 Å². The maximum atomic E-state index is 13.8. The van der Waals surface area contributed by atoms with Gasteiger partial charge >= 0.3 is 0 Å². The molecule has 2 aromatic rings. The Morgan fingerprint density at radius 3 is 1.89 bits per heavy atom. The highest BCUT2D eigenvalue weighted by molar-refractivity contribution is 5.68. The second-order valence-electron chi connectivity index (χ2n) is 5.30. The lowest BCUT2D eigenvalue weighted by Crippen LogP contribution is -2.00. The number of rotatable bonds is 2. The summed E-state index contributed by atoms with van der Waals surface area (Å²) in [7, 11) is 0. The molecule has 1 nitrogen and oxygen atoms in total. The molecular weight excluding hydrogens is 237 g/mol. The van der Waals surface area contributed by atoms with Crippen molar-refractivity contribution < 1.29 is 4.39 Å². The second kappa shape index (κ2) is 5.04. The van der Waals surface area contributed by atoms with Gasteiger partial charge in [0.05, 0.1) is 0 Å². The lowest BCUT2D eigenvalue weighted by Gasteiger charge is -2.15. The summed E-state index contributed by atoms with van der Waals surface area (Å²) in [5.74, 6) is -0.162. The van der Waals surface area contributed by atoms with Crippen LogP contribution in [0.15, 0.2) is 24.3 Å². The normalized spacial score (nSPS) is 10.6. The Balaban J connectivity index is 2.47. The molecule has 0 aliphatic heterocycles. The molecule has 0 bridgehead atoms. The van der Waals surface area contributed by atoms with Crippen molar-refractivity contribution in [3.8, 4) is 0 Å². The van der Waals surface area contributed by atoms with Gasteiger partial charge in [-0.1, -0.05) is 6.07 Å². The highest BCUT2D eigenvalue weighted by Gasteiger charge is 2.08. The molecule has 1 N–H and O–H groups in total.